The molecule has 0 N–H and O–H groups in total. The molecule has 1 aromatic rings. The van der Waals surface area contributed by atoms with Gasteiger partial charge in [-0.1, -0.05) is 115 Å². The second-order valence-electron chi connectivity index (χ2n) is 13.1. The van der Waals surface area contributed by atoms with Crippen LogP contribution >= 0.6 is 11.8 Å². The summed E-state index contributed by atoms with van der Waals surface area (Å²) in [6, 6.07) is 9.94. The van der Waals surface area contributed by atoms with Crippen molar-refractivity contribution in [1.29, 1.82) is 0 Å². The zero-order valence-corrected chi connectivity index (χ0v) is 25.0. The summed E-state index contributed by atoms with van der Waals surface area (Å²) in [6.45, 7) is 0. The third-order valence-corrected chi connectivity index (χ3v) is 12.6. The third kappa shape index (κ3) is 4.79. The summed E-state index contributed by atoms with van der Waals surface area (Å²) < 4.78 is 0. The second-order valence-corrected chi connectivity index (χ2v) is 14.6. The Balaban J connectivity index is 1.11. The van der Waals surface area contributed by atoms with Gasteiger partial charge in [0, 0.05) is 22.3 Å². The van der Waals surface area contributed by atoms with E-state index in [0.717, 1.165) is 11.2 Å². The highest BCUT2D eigenvalue weighted by molar-refractivity contribution is 8.00. The van der Waals surface area contributed by atoms with Crippen molar-refractivity contribution in [3.8, 4) is 0 Å². The first-order valence-electron chi connectivity index (χ1n) is 16.3. The number of rotatable bonds is 4. The highest BCUT2D eigenvalue weighted by Crippen LogP contribution is 2.56. The largest absolute Gasteiger partial charge is 0.150 e. The number of benzene rings is 1. The first-order valence-corrected chi connectivity index (χ1v) is 17.3. The molecule has 1 aromatic carbocycles. The zero-order valence-electron chi connectivity index (χ0n) is 24.2. The predicted octanol–water partition coefficient (Wildman–Crippen LogP) is 11.0. The fraction of sp³-hybridized carbons (Fsp3) is 0.400. The normalized spacial score (nSPS) is 33.9. The van der Waals surface area contributed by atoms with E-state index in [-0.39, 0.29) is 0 Å². The molecule has 1 aliphatic heterocycles. The Hall–Kier alpha value is -2.77. The van der Waals surface area contributed by atoms with E-state index in [1.807, 2.05) is 0 Å². The second kappa shape index (κ2) is 11.1. The summed E-state index contributed by atoms with van der Waals surface area (Å²) in [5.74, 6) is 2.50. The van der Waals surface area contributed by atoms with Crippen LogP contribution < -0.4 is 0 Å². The Labute approximate surface area is 251 Å². The Kier molecular flexibility index (Phi) is 7.04. The van der Waals surface area contributed by atoms with E-state index in [1.54, 1.807) is 27.9 Å². The summed E-state index contributed by atoms with van der Waals surface area (Å²) >= 11 is 2.23. The Morgan fingerprint density at radius 2 is 1.71 bits per heavy atom. The third-order valence-electron chi connectivity index (χ3n) is 10.8. The van der Waals surface area contributed by atoms with E-state index in [0.29, 0.717) is 23.0 Å². The predicted molar refractivity (Wildman–Crippen MR) is 177 cm³/mol. The molecule has 6 atom stereocenters. The van der Waals surface area contributed by atoms with Crippen molar-refractivity contribution < 1.29 is 0 Å². The summed E-state index contributed by atoms with van der Waals surface area (Å²) in [4.78, 5) is 0. The van der Waals surface area contributed by atoms with Crippen LogP contribution in [0.2, 0.25) is 0 Å². The van der Waals surface area contributed by atoms with Crippen LogP contribution in [0.25, 0.3) is 5.57 Å². The lowest BCUT2D eigenvalue weighted by atomic mass is 9.59. The molecule has 6 unspecified atom stereocenters. The van der Waals surface area contributed by atoms with Crippen molar-refractivity contribution in [3.63, 3.8) is 0 Å². The van der Waals surface area contributed by atoms with Gasteiger partial charge in [0.15, 0.2) is 0 Å². The van der Waals surface area contributed by atoms with Crippen molar-refractivity contribution in [2.45, 2.75) is 74.7 Å². The van der Waals surface area contributed by atoms with Gasteiger partial charge >= 0.3 is 0 Å². The molecular formula is C40H42S. The fourth-order valence-electron chi connectivity index (χ4n) is 8.82. The van der Waals surface area contributed by atoms with Crippen molar-refractivity contribution in [2.24, 2.45) is 23.7 Å². The summed E-state index contributed by atoms with van der Waals surface area (Å²) in [6.07, 6.45) is 41.3. The molecule has 6 aliphatic carbocycles. The molecule has 41 heavy (non-hydrogen) atoms. The SMILES string of the molecule is C1=CCC(C2CCC(c3ccc(C4=C5CCCCC5C(C5=CC=C6C=CC=CC6C5)C5=CCCC=C54)cc3)S2)C=C1. The molecule has 0 bridgehead atoms. The molecule has 1 heterocycles. The maximum Gasteiger partial charge on any atom is 0.0300 e. The van der Waals surface area contributed by atoms with Gasteiger partial charge in [-0.25, -0.2) is 0 Å². The van der Waals surface area contributed by atoms with Crippen LogP contribution in [0.4, 0.5) is 0 Å². The molecular weight excluding hydrogens is 513 g/mol. The van der Waals surface area contributed by atoms with Crippen LogP contribution in [0.5, 0.6) is 0 Å². The quantitative estimate of drug-likeness (QED) is 0.357. The lowest BCUT2D eigenvalue weighted by Gasteiger charge is -2.45. The number of hydrogen-bond donors (Lipinski definition) is 0. The standard InChI is InChI=1S/C40H42S/c1-2-11-28(12-3-1)37-24-25-38(41-37)29-19-21-30(22-20-29)39-33-14-6-8-16-35(33)40(36-17-9-7-15-34(36)39)32-23-18-27-10-4-5-13-31(27)26-32/h1-5,10-11,13-14,16,18-23,28,31,36-38,40H,6-9,12,15,17,24-26H2. The number of hydrogen-bond acceptors (Lipinski definition) is 1. The zero-order chi connectivity index (χ0) is 27.2. The fourth-order valence-corrected chi connectivity index (χ4v) is 10.5. The van der Waals surface area contributed by atoms with Gasteiger partial charge < -0.3 is 0 Å². The van der Waals surface area contributed by atoms with Crippen LogP contribution in [-0.2, 0) is 0 Å². The van der Waals surface area contributed by atoms with Crippen LogP contribution in [0, 0.1) is 23.7 Å². The van der Waals surface area contributed by atoms with Gasteiger partial charge in [0.05, 0.1) is 0 Å². The maximum absolute atomic E-state index is 2.63. The van der Waals surface area contributed by atoms with Gasteiger partial charge in [0.1, 0.15) is 0 Å². The highest BCUT2D eigenvalue weighted by Gasteiger charge is 2.41. The Bertz CT molecular complexity index is 1480. The minimum Gasteiger partial charge on any atom is -0.150 e. The van der Waals surface area contributed by atoms with Crippen LogP contribution in [-0.4, -0.2) is 5.25 Å². The Morgan fingerprint density at radius 1 is 0.805 bits per heavy atom. The van der Waals surface area contributed by atoms with Crippen LogP contribution in [0.1, 0.15) is 80.6 Å². The smallest absolute Gasteiger partial charge is 0.0300 e. The molecule has 208 valence electrons. The van der Waals surface area contributed by atoms with Gasteiger partial charge in [-0.05, 0) is 103 Å². The summed E-state index contributed by atoms with van der Waals surface area (Å²) in [5.41, 5.74) is 12.8. The molecule has 0 spiro atoms. The average molecular weight is 555 g/mol. The molecule has 8 rings (SSSR count). The molecule has 0 radical (unpaired) electrons. The molecule has 0 amide bonds. The molecule has 7 aliphatic rings. The average Bonchev–Trinajstić information content (AvgIpc) is 3.54. The number of fused-ring (bicyclic) bond motifs is 3. The van der Waals surface area contributed by atoms with E-state index in [1.165, 1.54) is 80.9 Å². The van der Waals surface area contributed by atoms with Gasteiger partial charge in [-0.2, -0.15) is 0 Å². The van der Waals surface area contributed by atoms with Crippen molar-refractivity contribution in [3.05, 3.63) is 136 Å². The van der Waals surface area contributed by atoms with Gasteiger partial charge in [-0.15, -0.1) is 11.8 Å². The lowest BCUT2D eigenvalue weighted by Crippen LogP contribution is -2.31. The number of allylic oxidation sites excluding steroid dienone is 18. The van der Waals surface area contributed by atoms with Crippen molar-refractivity contribution >= 4 is 17.3 Å². The lowest BCUT2D eigenvalue weighted by molar-refractivity contribution is 0.370. The minimum atomic E-state index is 0.556. The monoisotopic (exact) mass is 554 g/mol. The summed E-state index contributed by atoms with van der Waals surface area (Å²) in [7, 11) is 0. The van der Waals surface area contributed by atoms with E-state index in [9.17, 15) is 0 Å². The molecule has 1 saturated carbocycles. The molecule has 2 fully saturated rings. The topological polar surface area (TPSA) is 0 Å². The number of thioether (sulfide) groups is 1. The maximum atomic E-state index is 2.63. The van der Waals surface area contributed by atoms with Crippen molar-refractivity contribution in [2.75, 3.05) is 0 Å². The van der Waals surface area contributed by atoms with E-state index in [4.69, 9.17) is 0 Å². The summed E-state index contributed by atoms with van der Waals surface area (Å²) in [5, 5.41) is 1.41. The van der Waals surface area contributed by atoms with E-state index < -0.39 is 0 Å². The van der Waals surface area contributed by atoms with Gasteiger partial charge in [0.25, 0.3) is 0 Å². The van der Waals surface area contributed by atoms with Crippen molar-refractivity contribution in [1.82, 2.24) is 0 Å². The van der Waals surface area contributed by atoms with Crippen LogP contribution in [0.3, 0.4) is 0 Å². The Morgan fingerprint density at radius 3 is 2.61 bits per heavy atom. The highest BCUT2D eigenvalue weighted by atomic mass is 32.2. The van der Waals surface area contributed by atoms with E-state index >= 15 is 0 Å². The molecule has 0 nitrogen and oxygen atoms in total. The first kappa shape index (κ1) is 25.9. The van der Waals surface area contributed by atoms with Crippen LogP contribution in [0.15, 0.2) is 125 Å². The molecule has 1 saturated heterocycles. The van der Waals surface area contributed by atoms with Gasteiger partial charge in [-0.3, -0.25) is 0 Å². The first-order chi connectivity index (χ1) is 20.3. The molecule has 0 aromatic heterocycles. The molecule has 1 heteroatoms. The van der Waals surface area contributed by atoms with Gasteiger partial charge in [0.2, 0.25) is 0 Å². The van der Waals surface area contributed by atoms with E-state index in [2.05, 4.69) is 109 Å². The minimum absolute atomic E-state index is 0.556.